The molecule has 0 saturated carbocycles. The van der Waals surface area contributed by atoms with Crippen molar-refractivity contribution in [1.82, 2.24) is 10.2 Å². The van der Waals surface area contributed by atoms with E-state index in [0.717, 1.165) is 6.42 Å². The number of benzene rings is 1. The normalized spacial score (nSPS) is 14.3. The highest BCUT2D eigenvalue weighted by molar-refractivity contribution is 6.21. The Morgan fingerprint density at radius 2 is 1.78 bits per heavy atom. The second-order valence-corrected chi connectivity index (χ2v) is 7.16. The molecule has 27 heavy (non-hydrogen) atoms. The third kappa shape index (κ3) is 4.93. The van der Waals surface area contributed by atoms with Crippen LogP contribution in [0.15, 0.2) is 18.2 Å². The van der Waals surface area contributed by atoms with Crippen molar-refractivity contribution in [3.63, 3.8) is 0 Å². The summed E-state index contributed by atoms with van der Waals surface area (Å²) in [5, 5.41) is 2.70. The highest BCUT2D eigenvalue weighted by Gasteiger charge is 2.35. The average Bonchev–Trinajstić information content (AvgIpc) is 2.87. The van der Waals surface area contributed by atoms with E-state index in [1.165, 1.54) is 23.1 Å². The molecular formula is C20H26N2O5. The summed E-state index contributed by atoms with van der Waals surface area (Å²) in [4.78, 5) is 50.0. The molecule has 1 heterocycles. The van der Waals surface area contributed by atoms with Crippen LogP contribution in [-0.4, -0.2) is 47.8 Å². The van der Waals surface area contributed by atoms with Gasteiger partial charge in [-0.3, -0.25) is 19.3 Å². The van der Waals surface area contributed by atoms with Crippen molar-refractivity contribution in [2.24, 2.45) is 5.92 Å². The van der Waals surface area contributed by atoms with Crippen molar-refractivity contribution in [1.29, 1.82) is 0 Å². The van der Waals surface area contributed by atoms with Crippen molar-refractivity contribution in [2.75, 3.05) is 13.2 Å². The van der Waals surface area contributed by atoms with Crippen molar-refractivity contribution in [3.8, 4) is 0 Å². The number of esters is 1. The molecule has 0 fully saturated rings. The van der Waals surface area contributed by atoms with Gasteiger partial charge in [0.25, 0.3) is 17.7 Å². The number of amides is 3. The Hall–Kier alpha value is -2.70. The molecule has 0 aromatic heterocycles. The number of hydrogen-bond acceptors (Lipinski definition) is 5. The monoisotopic (exact) mass is 374 g/mol. The van der Waals surface area contributed by atoms with Crippen LogP contribution in [0.5, 0.6) is 0 Å². The molecule has 0 saturated heterocycles. The van der Waals surface area contributed by atoms with E-state index in [2.05, 4.69) is 5.32 Å². The second-order valence-electron chi connectivity index (χ2n) is 7.16. The Morgan fingerprint density at radius 3 is 2.41 bits per heavy atom. The van der Waals surface area contributed by atoms with Gasteiger partial charge in [-0.05, 0) is 43.9 Å². The number of imide groups is 1. The number of nitrogens with one attached hydrogen (secondary N) is 1. The van der Waals surface area contributed by atoms with Crippen LogP contribution in [0.2, 0.25) is 0 Å². The van der Waals surface area contributed by atoms with Crippen LogP contribution in [-0.2, 0) is 9.53 Å². The molecule has 3 amide bonds. The molecule has 0 radical (unpaired) electrons. The van der Waals surface area contributed by atoms with Crippen LogP contribution < -0.4 is 5.32 Å². The Labute approximate surface area is 159 Å². The lowest BCUT2D eigenvalue weighted by Gasteiger charge is -2.14. The zero-order valence-electron chi connectivity index (χ0n) is 16.2. The molecule has 0 spiro atoms. The predicted octanol–water partition coefficient (Wildman–Crippen LogP) is 2.40. The zero-order valence-corrected chi connectivity index (χ0v) is 16.2. The highest BCUT2D eigenvalue weighted by atomic mass is 16.5. The number of hydrogen-bond donors (Lipinski definition) is 1. The predicted molar refractivity (Wildman–Crippen MR) is 99.4 cm³/mol. The maximum atomic E-state index is 12.5. The van der Waals surface area contributed by atoms with Crippen molar-refractivity contribution < 1.29 is 23.9 Å². The summed E-state index contributed by atoms with van der Waals surface area (Å²) < 4.78 is 5.00. The van der Waals surface area contributed by atoms with E-state index in [9.17, 15) is 19.2 Å². The summed E-state index contributed by atoms with van der Waals surface area (Å²) in [5.41, 5.74) is 0.619. The van der Waals surface area contributed by atoms with E-state index in [4.69, 9.17) is 4.74 Å². The van der Waals surface area contributed by atoms with E-state index in [0.29, 0.717) is 18.9 Å². The van der Waals surface area contributed by atoms with Crippen molar-refractivity contribution in [3.05, 3.63) is 34.9 Å². The molecule has 1 aliphatic heterocycles. The molecule has 7 nitrogen and oxygen atoms in total. The highest BCUT2D eigenvalue weighted by Crippen LogP contribution is 2.25. The van der Waals surface area contributed by atoms with Gasteiger partial charge >= 0.3 is 5.97 Å². The molecule has 1 aromatic carbocycles. The first kappa shape index (κ1) is 20.6. The van der Waals surface area contributed by atoms with Gasteiger partial charge in [0.05, 0.1) is 16.7 Å². The summed E-state index contributed by atoms with van der Waals surface area (Å²) in [7, 11) is 0. The number of carbonyl (C=O) groups excluding carboxylic acids is 4. The first-order valence-electron chi connectivity index (χ1n) is 9.21. The third-order valence-electron chi connectivity index (χ3n) is 4.49. The van der Waals surface area contributed by atoms with E-state index in [-0.39, 0.29) is 34.5 Å². The smallest absolute Gasteiger partial charge is 0.338 e. The fraction of sp³-hybridized carbons (Fsp3) is 0.500. The Bertz CT molecular complexity index is 757. The van der Waals surface area contributed by atoms with Gasteiger partial charge in [-0.1, -0.05) is 20.8 Å². The number of carbonyl (C=O) groups is 4. The van der Waals surface area contributed by atoms with Gasteiger partial charge in [0.2, 0.25) is 0 Å². The number of ether oxygens (including phenoxy) is 1. The maximum Gasteiger partial charge on any atom is 0.338 e. The van der Waals surface area contributed by atoms with Gasteiger partial charge in [0, 0.05) is 12.6 Å². The Morgan fingerprint density at radius 1 is 1.11 bits per heavy atom. The summed E-state index contributed by atoms with van der Waals surface area (Å²) in [6.45, 7) is 7.78. The third-order valence-corrected chi connectivity index (χ3v) is 4.49. The molecule has 1 aromatic rings. The zero-order chi connectivity index (χ0) is 20.1. The van der Waals surface area contributed by atoms with Crippen LogP contribution in [0.3, 0.4) is 0 Å². The first-order chi connectivity index (χ1) is 12.7. The summed E-state index contributed by atoms with van der Waals surface area (Å²) in [5.74, 6) is -1.48. The fourth-order valence-electron chi connectivity index (χ4n) is 2.64. The summed E-state index contributed by atoms with van der Waals surface area (Å²) in [6.07, 6.45) is 1.49. The van der Waals surface area contributed by atoms with E-state index >= 15 is 0 Å². The van der Waals surface area contributed by atoms with Crippen LogP contribution >= 0.6 is 0 Å². The van der Waals surface area contributed by atoms with Gasteiger partial charge in [-0.25, -0.2) is 4.79 Å². The molecule has 1 atom stereocenters. The molecule has 146 valence electrons. The molecule has 7 heteroatoms. The largest absolute Gasteiger partial charge is 0.452 e. The van der Waals surface area contributed by atoms with Gasteiger partial charge < -0.3 is 10.1 Å². The van der Waals surface area contributed by atoms with Gasteiger partial charge in [-0.15, -0.1) is 0 Å². The molecular weight excluding hydrogens is 348 g/mol. The number of rotatable bonds is 8. The van der Waals surface area contributed by atoms with Gasteiger partial charge in [0.1, 0.15) is 0 Å². The standard InChI is InChI=1S/C20H26N2O5/c1-5-13(4)21-17(23)11-27-20(26)14-6-7-15-16(10-14)19(25)22(18(15)24)9-8-12(2)3/h6-7,10,12-13H,5,8-9,11H2,1-4H3,(H,21,23)/t13-/m0/s1. The lowest BCUT2D eigenvalue weighted by atomic mass is 10.1. The van der Waals surface area contributed by atoms with Crippen molar-refractivity contribution in [2.45, 2.75) is 46.6 Å². The first-order valence-corrected chi connectivity index (χ1v) is 9.21. The quantitative estimate of drug-likeness (QED) is 0.557. The molecule has 0 unspecified atom stereocenters. The van der Waals surface area contributed by atoms with Crippen LogP contribution in [0.25, 0.3) is 0 Å². The molecule has 0 bridgehead atoms. The minimum absolute atomic E-state index is 0.00310. The molecule has 1 aliphatic rings. The van der Waals surface area contributed by atoms with E-state index in [1.807, 2.05) is 27.7 Å². The molecule has 0 aliphatic carbocycles. The topological polar surface area (TPSA) is 92.8 Å². The number of fused-ring (bicyclic) bond motifs is 1. The minimum Gasteiger partial charge on any atom is -0.452 e. The van der Waals surface area contributed by atoms with Crippen LogP contribution in [0, 0.1) is 5.92 Å². The van der Waals surface area contributed by atoms with E-state index in [1.54, 1.807) is 0 Å². The fourth-order valence-corrected chi connectivity index (χ4v) is 2.64. The second kappa shape index (κ2) is 8.79. The Balaban J connectivity index is 2.04. The molecule has 2 rings (SSSR count). The van der Waals surface area contributed by atoms with Crippen LogP contribution in [0.4, 0.5) is 0 Å². The summed E-state index contributed by atoms with van der Waals surface area (Å²) in [6, 6.07) is 4.25. The summed E-state index contributed by atoms with van der Waals surface area (Å²) >= 11 is 0. The van der Waals surface area contributed by atoms with Crippen LogP contribution in [0.1, 0.15) is 71.6 Å². The maximum absolute atomic E-state index is 12.5. The average molecular weight is 374 g/mol. The van der Waals surface area contributed by atoms with E-state index < -0.39 is 18.5 Å². The molecule has 1 N–H and O–H groups in total. The number of nitrogens with zero attached hydrogens (tertiary/aromatic N) is 1. The lowest BCUT2D eigenvalue weighted by Crippen LogP contribution is -2.35. The minimum atomic E-state index is -0.710. The van der Waals surface area contributed by atoms with Gasteiger partial charge in [0.15, 0.2) is 6.61 Å². The Kier molecular flexibility index (Phi) is 6.71. The SMILES string of the molecule is CC[C@H](C)NC(=O)COC(=O)c1ccc2c(c1)C(=O)N(CCC(C)C)C2=O. The van der Waals surface area contributed by atoms with Gasteiger partial charge in [-0.2, -0.15) is 0 Å². The van der Waals surface area contributed by atoms with Crippen molar-refractivity contribution >= 4 is 23.7 Å². The lowest BCUT2D eigenvalue weighted by molar-refractivity contribution is -0.124.